The van der Waals surface area contributed by atoms with Crippen molar-refractivity contribution in [2.45, 2.75) is 38.5 Å². The summed E-state index contributed by atoms with van der Waals surface area (Å²) in [5.41, 5.74) is 2.42. The Morgan fingerprint density at radius 3 is 2.73 bits per heavy atom. The standard InChI is InChI=1S/C26H25N3O4/c1-17-14-20-15-19(8-9-21(20)33-17)24(30)22-23(18-6-3-2-4-7-18)29(26(32)25(22)31)12-5-11-28-13-10-27-16-28/h2-4,6-10,13,15-17,23,30H,5,11-12,14H2,1H3/b24-22-. The number of fused-ring (bicyclic) bond motifs is 1. The van der Waals surface area contributed by atoms with Gasteiger partial charge >= 0.3 is 0 Å². The van der Waals surface area contributed by atoms with Gasteiger partial charge in [0.05, 0.1) is 17.9 Å². The van der Waals surface area contributed by atoms with Crippen molar-refractivity contribution in [1.82, 2.24) is 14.5 Å². The summed E-state index contributed by atoms with van der Waals surface area (Å²) in [5.74, 6) is -0.608. The number of aliphatic hydroxyl groups is 1. The van der Waals surface area contributed by atoms with E-state index in [0.29, 0.717) is 25.1 Å². The lowest BCUT2D eigenvalue weighted by atomic mass is 9.94. The molecule has 7 heteroatoms. The Bertz CT molecular complexity index is 1220. The first-order valence-corrected chi connectivity index (χ1v) is 11.1. The van der Waals surface area contributed by atoms with Crippen molar-refractivity contribution in [2.75, 3.05) is 6.54 Å². The molecule has 0 aliphatic carbocycles. The number of rotatable bonds is 6. The second kappa shape index (κ2) is 8.58. The van der Waals surface area contributed by atoms with Crippen LogP contribution in [0.25, 0.3) is 5.76 Å². The Morgan fingerprint density at radius 1 is 1.15 bits per heavy atom. The molecule has 33 heavy (non-hydrogen) atoms. The molecular formula is C26H25N3O4. The summed E-state index contributed by atoms with van der Waals surface area (Å²) >= 11 is 0. The summed E-state index contributed by atoms with van der Waals surface area (Å²) in [5, 5.41) is 11.3. The van der Waals surface area contributed by atoms with Crippen molar-refractivity contribution in [1.29, 1.82) is 0 Å². The Balaban J connectivity index is 1.51. The summed E-state index contributed by atoms with van der Waals surface area (Å²) < 4.78 is 7.69. The van der Waals surface area contributed by atoms with Crippen LogP contribution in [0.4, 0.5) is 0 Å². The van der Waals surface area contributed by atoms with Crippen LogP contribution in [0, 0.1) is 0 Å². The van der Waals surface area contributed by atoms with Gasteiger partial charge in [0.2, 0.25) is 0 Å². The van der Waals surface area contributed by atoms with E-state index < -0.39 is 17.7 Å². The molecule has 3 aromatic rings. The molecule has 2 atom stereocenters. The predicted octanol–water partition coefficient (Wildman–Crippen LogP) is 3.72. The lowest BCUT2D eigenvalue weighted by Crippen LogP contribution is -2.31. The summed E-state index contributed by atoms with van der Waals surface area (Å²) in [6.07, 6.45) is 6.76. The fraction of sp³-hybridized carbons (Fsp3) is 0.269. The molecule has 168 valence electrons. The Morgan fingerprint density at radius 2 is 1.97 bits per heavy atom. The molecular weight excluding hydrogens is 418 g/mol. The molecule has 7 nitrogen and oxygen atoms in total. The highest BCUT2D eigenvalue weighted by Gasteiger charge is 2.45. The van der Waals surface area contributed by atoms with Gasteiger partial charge in [-0.25, -0.2) is 4.98 Å². The van der Waals surface area contributed by atoms with Crippen molar-refractivity contribution in [2.24, 2.45) is 0 Å². The number of imidazole rings is 1. The maximum atomic E-state index is 13.1. The molecule has 2 aliphatic rings. The molecule has 2 aliphatic heterocycles. The second-order valence-corrected chi connectivity index (χ2v) is 8.51. The van der Waals surface area contributed by atoms with Gasteiger partial charge in [0.25, 0.3) is 11.7 Å². The van der Waals surface area contributed by atoms with Gasteiger partial charge in [-0.15, -0.1) is 0 Å². The van der Waals surface area contributed by atoms with Gasteiger partial charge in [-0.2, -0.15) is 0 Å². The van der Waals surface area contributed by atoms with Crippen molar-refractivity contribution >= 4 is 17.4 Å². The monoisotopic (exact) mass is 443 g/mol. The first-order valence-electron chi connectivity index (χ1n) is 11.1. The topological polar surface area (TPSA) is 84.7 Å². The van der Waals surface area contributed by atoms with Crippen molar-refractivity contribution < 1.29 is 19.4 Å². The van der Waals surface area contributed by atoms with Crippen molar-refractivity contribution in [3.05, 3.63) is 89.5 Å². The average molecular weight is 444 g/mol. The summed E-state index contributed by atoms with van der Waals surface area (Å²) in [6, 6.07) is 14.1. The molecule has 0 spiro atoms. The molecule has 0 radical (unpaired) electrons. The molecule has 1 N–H and O–H groups in total. The largest absolute Gasteiger partial charge is 0.507 e. The van der Waals surface area contributed by atoms with E-state index in [1.165, 1.54) is 0 Å². The third-order valence-corrected chi connectivity index (χ3v) is 6.20. The summed E-state index contributed by atoms with van der Waals surface area (Å²) in [6.45, 7) is 3.05. The van der Waals surface area contributed by atoms with Gasteiger partial charge in [-0.1, -0.05) is 30.3 Å². The van der Waals surface area contributed by atoms with E-state index in [0.717, 1.165) is 23.3 Å². The van der Waals surface area contributed by atoms with Gasteiger partial charge < -0.3 is 19.3 Å². The van der Waals surface area contributed by atoms with E-state index in [-0.39, 0.29) is 17.4 Å². The van der Waals surface area contributed by atoms with Crippen LogP contribution in [0.15, 0.2) is 72.8 Å². The van der Waals surface area contributed by atoms with Crippen LogP contribution in [0.1, 0.15) is 36.1 Å². The highest BCUT2D eigenvalue weighted by atomic mass is 16.5. The number of hydrogen-bond acceptors (Lipinski definition) is 5. The van der Waals surface area contributed by atoms with E-state index in [9.17, 15) is 14.7 Å². The van der Waals surface area contributed by atoms with Crippen molar-refractivity contribution in [3.8, 4) is 5.75 Å². The van der Waals surface area contributed by atoms with E-state index in [1.807, 2.05) is 60.2 Å². The smallest absolute Gasteiger partial charge is 0.295 e. The number of carbonyl (C=O) groups is 2. The maximum Gasteiger partial charge on any atom is 0.295 e. The second-order valence-electron chi connectivity index (χ2n) is 8.51. The number of Topliss-reactive ketones (excluding diaryl/α,β-unsaturated/α-hetero) is 1. The van der Waals surface area contributed by atoms with E-state index in [4.69, 9.17) is 4.74 Å². The summed E-state index contributed by atoms with van der Waals surface area (Å²) in [4.78, 5) is 31.8. The number of benzene rings is 2. The summed E-state index contributed by atoms with van der Waals surface area (Å²) in [7, 11) is 0. The number of hydrogen-bond donors (Lipinski definition) is 1. The van der Waals surface area contributed by atoms with Gasteiger partial charge in [-0.05, 0) is 42.7 Å². The van der Waals surface area contributed by atoms with E-state index in [1.54, 1.807) is 23.5 Å². The van der Waals surface area contributed by atoms with Crippen LogP contribution in [0.2, 0.25) is 0 Å². The predicted molar refractivity (Wildman–Crippen MR) is 123 cm³/mol. The first kappa shape index (κ1) is 21.0. The van der Waals surface area contributed by atoms with Crippen LogP contribution in [0.5, 0.6) is 5.75 Å². The van der Waals surface area contributed by atoms with E-state index in [2.05, 4.69) is 4.98 Å². The van der Waals surface area contributed by atoms with Crippen LogP contribution < -0.4 is 4.74 Å². The molecule has 0 saturated carbocycles. The number of ether oxygens (including phenoxy) is 1. The zero-order valence-electron chi connectivity index (χ0n) is 18.3. The number of carbonyl (C=O) groups excluding carboxylic acids is 2. The van der Waals surface area contributed by atoms with Crippen LogP contribution in [-0.4, -0.2) is 43.9 Å². The average Bonchev–Trinajstić information content (AvgIpc) is 3.53. The molecule has 2 unspecified atom stereocenters. The van der Waals surface area contributed by atoms with Crippen LogP contribution in [-0.2, 0) is 22.6 Å². The third-order valence-electron chi connectivity index (χ3n) is 6.20. The number of likely N-dealkylation sites (tertiary alicyclic amines) is 1. The third kappa shape index (κ3) is 3.91. The fourth-order valence-electron chi connectivity index (χ4n) is 4.66. The molecule has 0 bridgehead atoms. The maximum absolute atomic E-state index is 13.1. The SMILES string of the molecule is CC1Cc2cc(/C(O)=C3/C(=O)C(=O)N(CCCn4ccnc4)C3c3ccccc3)ccc2O1. The van der Waals surface area contributed by atoms with Crippen LogP contribution >= 0.6 is 0 Å². The number of aryl methyl sites for hydroxylation is 1. The normalized spacial score (nSPS) is 21.3. The Kier molecular flexibility index (Phi) is 5.46. The molecule has 3 heterocycles. The Labute approximate surface area is 191 Å². The molecule has 1 amide bonds. The highest BCUT2D eigenvalue weighted by Crippen LogP contribution is 2.40. The number of ketones is 1. The zero-order valence-corrected chi connectivity index (χ0v) is 18.3. The lowest BCUT2D eigenvalue weighted by Gasteiger charge is -2.25. The minimum Gasteiger partial charge on any atom is -0.507 e. The molecule has 5 rings (SSSR count). The molecule has 1 saturated heterocycles. The minimum atomic E-state index is -0.658. The number of aromatic nitrogens is 2. The van der Waals surface area contributed by atoms with Gasteiger partial charge in [-0.3, -0.25) is 9.59 Å². The zero-order chi connectivity index (χ0) is 22.9. The quantitative estimate of drug-likeness (QED) is 0.357. The van der Waals surface area contributed by atoms with Gasteiger partial charge in [0, 0.05) is 37.5 Å². The highest BCUT2D eigenvalue weighted by molar-refractivity contribution is 6.46. The van der Waals surface area contributed by atoms with E-state index >= 15 is 0 Å². The molecule has 1 fully saturated rings. The number of amides is 1. The number of nitrogens with zero attached hydrogens (tertiary/aromatic N) is 3. The minimum absolute atomic E-state index is 0.0720. The molecule has 2 aromatic carbocycles. The number of aliphatic hydroxyl groups excluding tert-OH is 1. The van der Waals surface area contributed by atoms with Crippen LogP contribution in [0.3, 0.4) is 0 Å². The first-order chi connectivity index (χ1) is 16.0. The molecule has 1 aromatic heterocycles. The lowest BCUT2D eigenvalue weighted by molar-refractivity contribution is -0.139. The van der Waals surface area contributed by atoms with Crippen molar-refractivity contribution in [3.63, 3.8) is 0 Å². The fourth-order valence-corrected chi connectivity index (χ4v) is 4.66. The Hall–Kier alpha value is -3.87. The van der Waals surface area contributed by atoms with Gasteiger partial charge in [0.1, 0.15) is 17.6 Å². The van der Waals surface area contributed by atoms with Gasteiger partial charge in [0.15, 0.2) is 0 Å².